The van der Waals surface area contributed by atoms with Crippen LogP contribution in [0.2, 0.25) is 0 Å². The van der Waals surface area contributed by atoms with Gasteiger partial charge >= 0.3 is 12.4 Å². The highest BCUT2D eigenvalue weighted by Gasteiger charge is 2.62. The molecule has 37 heavy (non-hydrogen) atoms. The van der Waals surface area contributed by atoms with E-state index in [4.69, 9.17) is 4.84 Å². The standard InChI is InChI=1S/C22H18F7N3O4S/c1-37(34,35)10-18(33)32-11-19(23,12-32)17-6-5-13(9-30-17)16-8-20(36-31-16,22(27,28)29)14-3-2-4-15(7-14)21(24,25)26/h2-7,9H,8,10-12H2,1H3. The summed E-state index contributed by atoms with van der Waals surface area (Å²) in [5, 5.41) is 3.46. The van der Waals surface area contributed by atoms with Crippen LogP contribution in [0.25, 0.3) is 0 Å². The minimum Gasteiger partial charge on any atom is -0.374 e. The predicted octanol–water partition coefficient (Wildman–Crippen LogP) is 3.73. The highest BCUT2D eigenvalue weighted by molar-refractivity contribution is 7.91. The molecule has 1 atom stereocenters. The smallest absolute Gasteiger partial charge is 0.374 e. The first-order valence-electron chi connectivity index (χ1n) is 10.5. The summed E-state index contributed by atoms with van der Waals surface area (Å²) in [6.45, 7) is -0.908. The van der Waals surface area contributed by atoms with Gasteiger partial charge in [0.05, 0.1) is 36.5 Å². The van der Waals surface area contributed by atoms with E-state index in [2.05, 4.69) is 10.1 Å². The predicted molar refractivity (Wildman–Crippen MR) is 115 cm³/mol. The number of nitrogens with zero attached hydrogens (tertiary/aromatic N) is 3. The van der Waals surface area contributed by atoms with E-state index >= 15 is 4.39 Å². The number of hydrogen-bond acceptors (Lipinski definition) is 6. The quantitative estimate of drug-likeness (QED) is 0.527. The zero-order valence-corrected chi connectivity index (χ0v) is 19.7. The van der Waals surface area contributed by atoms with Gasteiger partial charge in [0, 0.05) is 23.6 Å². The zero-order chi connectivity index (χ0) is 27.4. The first-order valence-corrected chi connectivity index (χ1v) is 12.6. The van der Waals surface area contributed by atoms with Crippen LogP contribution in [0.5, 0.6) is 0 Å². The molecule has 1 aromatic carbocycles. The fraction of sp³-hybridized carbons (Fsp3) is 0.409. The third-order valence-corrected chi connectivity index (χ3v) is 6.79. The van der Waals surface area contributed by atoms with Crippen LogP contribution in [0.4, 0.5) is 30.7 Å². The van der Waals surface area contributed by atoms with Crippen molar-refractivity contribution in [3.63, 3.8) is 0 Å². The zero-order valence-electron chi connectivity index (χ0n) is 18.9. The number of amides is 1. The summed E-state index contributed by atoms with van der Waals surface area (Å²) >= 11 is 0. The molecule has 1 unspecified atom stereocenters. The van der Waals surface area contributed by atoms with E-state index in [1.807, 2.05) is 0 Å². The number of carbonyl (C=O) groups excluding carboxylic acids is 1. The van der Waals surface area contributed by atoms with Crippen LogP contribution in [0, 0.1) is 0 Å². The van der Waals surface area contributed by atoms with Crippen molar-refractivity contribution < 1.29 is 48.8 Å². The van der Waals surface area contributed by atoms with Gasteiger partial charge in [0.2, 0.25) is 5.91 Å². The monoisotopic (exact) mass is 553 g/mol. The maximum Gasteiger partial charge on any atom is 0.435 e. The number of carbonyl (C=O) groups is 1. The van der Waals surface area contributed by atoms with Crippen LogP contribution in [-0.2, 0) is 36.9 Å². The molecule has 15 heteroatoms. The van der Waals surface area contributed by atoms with Gasteiger partial charge < -0.3 is 9.74 Å². The lowest BCUT2D eigenvalue weighted by Crippen LogP contribution is -2.60. The Balaban J connectivity index is 1.52. The van der Waals surface area contributed by atoms with Gasteiger partial charge in [0.25, 0.3) is 5.60 Å². The van der Waals surface area contributed by atoms with E-state index in [-0.39, 0.29) is 17.0 Å². The van der Waals surface area contributed by atoms with Gasteiger partial charge in [-0.15, -0.1) is 0 Å². The molecule has 0 saturated carbocycles. The van der Waals surface area contributed by atoms with Crippen LogP contribution in [0.1, 0.15) is 28.8 Å². The van der Waals surface area contributed by atoms with Crippen molar-refractivity contribution >= 4 is 21.5 Å². The molecular weight excluding hydrogens is 535 g/mol. The molecule has 0 N–H and O–H groups in total. The highest BCUT2D eigenvalue weighted by atomic mass is 32.2. The van der Waals surface area contributed by atoms with Crippen molar-refractivity contribution in [3.8, 4) is 0 Å². The highest BCUT2D eigenvalue weighted by Crippen LogP contribution is 2.49. The number of halogens is 7. The van der Waals surface area contributed by atoms with Crippen LogP contribution >= 0.6 is 0 Å². The molecule has 2 aromatic rings. The number of benzene rings is 1. The molecule has 0 spiro atoms. The molecular formula is C22H18F7N3O4S. The van der Waals surface area contributed by atoms with Gasteiger partial charge in [-0.25, -0.2) is 12.8 Å². The molecule has 1 saturated heterocycles. The lowest BCUT2D eigenvalue weighted by Gasteiger charge is -2.43. The second-order valence-corrected chi connectivity index (χ2v) is 11.1. The number of likely N-dealkylation sites (tertiary alicyclic amines) is 1. The van der Waals surface area contributed by atoms with Gasteiger partial charge in [-0.05, 0) is 24.3 Å². The van der Waals surface area contributed by atoms with Crippen molar-refractivity contribution in [2.75, 3.05) is 25.1 Å². The molecule has 2 aliphatic rings. The Hall–Kier alpha value is -3.23. The van der Waals surface area contributed by atoms with Crippen molar-refractivity contribution in [2.45, 2.75) is 30.0 Å². The van der Waals surface area contributed by atoms with Crippen molar-refractivity contribution in [1.29, 1.82) is 0 Å². The number of oxime groups is 1. The fourth-order valence-corrected chi connectivity index (χ4v) is 4.68. The molecule has 7 nitrogen and oxygen atoms in total. The number of alkyl halides is 7. The first-order chi connectivity index (χ1) is 16.9. The maximum atomic E-state index is 15.1. The molecule has 4 rings (SSSR count). The average molecular weight is 553 g/mol. The van der Waals surface area contributed by atoms with Crippen molar-refractivity contribution in [3.05, 3.63) is 65.0 Å². The summed E-state index contributed by atoms with van der Waals surface area (Å²) < 4.78 is 119. The second kappa shape index (κ2) is 8.67. The number of aromatic nitrogens is 1. The van der Waals surface area contributed by atoms with Gasteiger partial charge in [0.15, 0.2) is 15.5 Å². The van der Waals surface area contributed by atoms with Gasteiger partial charge in [0.1, 0.15) is 5.75 Å². The number of hydrogen-bond donors (Lipinski definition) is 0. The summed E-state index contributed by atoms with van der Waals surface area (Å²) in [4.78, 5) is 21.6. The van der Waals surface area contributed by atoms with Crippen molar-refractivity contribution in [2.24, 2.45) is 5.16 Å². The second-order valence-electron chi connectivity index (χ2n) is 8.93. The molecule has 1 fully saturated rings. The molecule has 1 aromatic heterocycles. The SMILES string of the molecule is CS(=O)(=O)CC(=O)N1CC(F)(c2ccc(C3=NOC(c4cccc(C(F)(F)F)c4)(C(F)(F)F)C3)cn2)C1. The largest absolute Gasteiger partial charge is 0.435 e. The summed E-state index contributed by atoms with van der Waals surface area (Å²) in [5.74, 6) is -1.55. The third kappa shape index (κ3) is 5.13. The first kappa shape index (κ1) is 26.8. The summed E-state index contributed by atoms with van der Waals surface area (Å²) in [6.07, 6.45) is -9.05. The summed E-state index contributed by atoms with van der Waals surface area (Å²) in [5.41, 5.74) is -7.70. The van der Waals surface area contributed by atoms with E-state index in [0.29, 0.717) is 12.1 Å². The van der Waals surface area contributed by atoms with E-state index in [1.54, 1.807) is 0 Å². The minimum atomic E-state index is -5.13. The van der Waals surface area contributed by atoms with Gasteiger partial charge in [-0.3, -0.25) is 9.78 Å². The Labute approximate surface area is 205 Å². The number of rotatable bonds is 5. The third-order valence-electron chi connectivity index (χ3n) is 6.02. The Morgan fingerprint density at radius 1 is 1.11 bits per heavy atom. The molecule has 0 radical (unpaired) electrons. The molecule has 200 valence electrons. The van der Waals surface area contributed by atoms with Crippen LogP contribution in [-0.4, -0.2) is 61.2 Å². The Kier molecular flexibility index (Phi) is 6.28. The van der Waals surface area contributed by atoms with E-state index in [9.17, 15) is 39.6 Å². The Morgan fingerprint density at radius 2 is 1.78 bits per heavy atom. The normalized spacial score (nSPS) is 21.7. The van der Waals surface area contributed by atoms with Crippen molar-refractivity contribution in [1.82, 2.24) is 9.88 Å². The molecule has 1 amide bonds. The van der Waals surface area contributed by atoms with Crippen LogP contribution in [0.15, 0.2) is 47.8 Å². The van der Waals surface area contributed by atoms with Gasteiger partial charge in [-0.1, -0.05) is 17.3 Å². The topological polar surface area (TPSA) is 88.9 Å². The fourth-order valence-electron chi connectivity index (χ4n) is 4.05. The van der Waals surface area contributed by atoms with E-state index in [1.165, 1.54) is 12.1 Å². The Morgan fingerprint density at radius 3 is 2.32 bits per heavy atom. The lowest BCUT2D eigenvalue weighted by atomic mass is 9.85. The van der Waals surface area contributed by atoms with Gasteiger partial charge in [-0.2, -0.15) is 26.3 Å². The Bertz CT molecular complexity index is 1350. The van der Waals surface area contributed by atoms with Crippen LogP contribution < -0.4 is 0 Å². The summed E-state index contributed by atoms with van der Waals surface area (Å²) in [6, 6.07) is 5.10. The number of sulfone groups is 1. The van der Waals surface area contributed by atoms with E-state index in [0.717, 1.165) is 29.5 Å². The summed E-state index contributed by atoms with van der Waals surface area (Å²) in [7, 11) is -3.60. The minimum absolute atomic E-state index is 0.0229. The average Bonchev–Trinajstić information content (AvgIpc) is 3.22. The molecule has 3 heterocycles. The van der Waals surface area contributed by atoms with Crippen LogP contribution in [0.3, 0.4) is 0 Å². The molecule has 0 bridgehead atoms. The molecule has 0 aliphatic carbocycles. The van der Waals surface area contributed by atoms with E-state index < -0.39 is 75.8 Å². The maximum absolute atomic E-state index is 15.1. The number of pyridine rings is 1. The lowest BCUT2D eigenvalue weighted by molar-refractivity contribution is -0.276. The molecule has 2 aliphatic heterocycles.